The molecule has 2 N–H and O–H groups in total. The zero-order chi connectivity index (χ0) is 11.7. The SMILES string of the molecule is CCCCCCC(=O)NCC(O)C(C)C. The van der Waals surface area contributed by atoms with Crippen molar-refractivity contribution in [2.75, 3.05) is 6.54 Å². The Morgan fingerprint density at radius 1 is 1.27 bits per heavy atom. The molecule has 90 valence electrons. The quantitative estimate of drug-likeness (QED) is 0.609. The third-order valence-electron chi connectivity index (χ3n) is 2.54. The van der Waals surface area contributed by atoms with Gasteiger partial charge in [-0.05, 0) is 12.3 Å². The normalized spacial score (nSPS) is 12.9. The summed E-state index contributed by atoms with van der Waals surface area (Å²) in [6, 6.07) is 0. The number of hydrogen-bond donors (Lipinski definition) is 2. The maximum atomic E-state index is 11.3. The Hall–Kier alpha value is -0.570. The number of aliphatic hydroxyl groups excluding tert-OH is 1. The lowest BCUT2D eigenvalue weighted by atomic mass is 10.1. The van der Waals surface area contributed by atoms with Gasteiger partial charge in [-0.25, -0.2) is 0 Å². The van der Waals surface area contributed by atoms with Crippen LogP contribution in [0.5, 0.6) is 0 Å². The third-order valence-corrected chi connectivity index (χ3v) is 2.54. The number of unbranched alkanes of at least 4 members (excludes halogenated alkanes) is 3. The minimum Gasteiger partial charge on any atom is -0.391 e. The molecule has 0 heterocycles. The number of amides is 1. The van der Waals surface area contributed by atoms with E-state index in [1.165, 1.54) is 12.8 Å². The summed E-state index contributed by atoms with van der Waals surface area (Å²) < 4.78 is 0. The van der Waals surface area contributed by atoms with Crippen LogP contribution in [0.4, 0.5) is 0 Å². The summed E-state index contributed by atoms with van der Waals surface area (Å²) in [5, 5.41) is 12.2. The molecule has 0 aliphatic carbocycles. The fourth-order valence-corrected chi connectivity index (χ4v) is 1.25. The van der Waals surface area contributed by atoms with E-state index in [0.29, 0.717) is 13.0 Å². The van der Waals surface area contributed by atoms with Crippen molar-refractivity contribution in [2.24, 2.45) is 5.92 Å². The highest BCUT2D eigenvalue weighted by Crippen LogP contribution is 2.03. The predicted octanol–water partition coefficient (Wildman–Crippen LogP) is 2.09. The average Bonchev–Trinajstić information content (AvgIpc) is 2.20. The second kappa shape index (κ2) is 8.72. The van der Waals surface area contributed by atoms with E-state index in [0.717, 1.165) is 12.8 Å². The van der Waals surface area contributed by atoms with Gasteiger partial charge in [0.15, 0.2) is 0 Å². The summed E-state index contributed by atoms with van der Waals surface area (Å²) in [7, 11) is 0. The van der Waals surface area contributed by atoms with Crippen LogP contribution in [0.15, 0.2) is 0 Å². The lowest BCUT2D eigenvalue weighted by Crippen LogP contribution is -2.34. The van der Waals surface area contributed by atoms with E-state index in [9.17, 15) is 9.90 Å². The molecule has 0 saturated carbocycles. The van der Waals surface area contributed by atoms with Crippen LogP contribution in [0.2, 0.25) is 0 Å². The summed E-state index contributed by atoms with van der Waals surface area (Å²) in [6.45, 7) is 6.42. The Morgan fingerprint density at radius 3 is 2.47 bits per heavy atom. The molecule has 1 unspecified atom stereocenters. The highest BCUT2D eigenvalue weighted by Gasteiger charge is 2.10. The van der Waals surface area contributed by atoms with Crippen molar-refractivity contribution in [3.63, 3.8) is 0 Å². The third kappa shape index (κ3) is 8.43. The molecule has 0 aromatic carbocycles. The fourth-order valence-electron chi connectivity index (χ4n) is 1.25. The molecule has 0 spiro atoms. The molecule has 0 radical (unpaired) electrons. The van der Waals surface area contributed by atoms with E-state index >= 15 is 0 Å². The van der Waals surface area contributed by atoms with E-state index in [4.69, 9.17) is 0 Å². The minimum atomic E-state index is -0.426. The van der Waals surface area contributed by atoms with Crippen LogP contribution in [0, 0.1) is 5.92 Å². The van der Waals surface area contributed by atoms with Crippen LogP contribution in [0.25, 0.3) is 0 Å². The minimum absolute atomic E-state index is 0.0609. The van der Waals surface area contributed by atoms with Crippen molar-refractivity contribution in [1.29, 1.82) is 0 Å². The molecule has 15 heavy (non-hydrogen) atoms. The molecule has 0 bridgehead atoms. The Bertz CT molecular complexity index is 169. The standard InChI is InChI=1S/C12H25NO2/c1-4-5-6-7-8-12(15)13-9-11(14)10(2)3/h10-11,14H,4-9H2,1-3H3,(H,13,15). The summed E-state index contributed by atoms with van der Waals surface area (Å²) >= 11 is 0. The maximum Gasteiger partial charge on any atom is 0.220 e. The lowest BCUT2D eigenvalue weighted by molar-refractivity contribution is -0.121. The van der Waals surface area contributed by atoms with Gasteiger partial charge in [0, 0.05) is 13.0 Å². The molecule has 0 aliphatic rings. The second-order valence-corrected chi connectivity index (χ2v) is 4.43. The molecule has 0 fully saturated rings. The van der Waals surface area contributed by atoms with Crippen molar-refractivity contribution >= 4 is 5.91 Å². The predicted molar refractivity (Wildman–Crippen MR) is 62.6 cm³/mol. The molecule has 0 rings (SSSR count). The van der Waals surface area contributed by atoms with Crippen molar-refractivity contribution in [3.05, 3.63) is 0 Å². The monoisotopic (exact) mass is 215 g/mol. The Morgan fingerprint density at radius 2 is 1.93 bits per heavy atom. The molecule has 1 amide bonds. The van der Waals surface area contributed by atoms with Gasteiger partial charge in [0.1, 0.15) is 0 Å². The van der Waals surface area contributed by atoms with E-state index < -0.39 is 6.10 Å². The molecule has 0 aromatic heterocycles. The van der Waals surface area contributed by atoms with Gasteiger partial charge in [0.05, 0.1) is 6.10 Å². The summed E-state index contributed by atoms with van der Waals surface area (Å²) in [5.74, 6) is 0.260. The summed E-state index contributed by atoms with van der Waals surface area (Å²) in [5.41, 5.74) is 0. The number of carbonyl (C=O) groups excluding carboxylic acids is 1. The highest BCUT2D eigenvalue weighted by molar-refractivity contribution is 5.75. The van der Waals surface area contributed by atoms with Gasteiger partial charge in [-0.15, -0.1) is 0 Å². The molecule has 3 heteroatoms. The molecule has 0 aromatic rings. The van der Waals surface area contributed by atoms with Crippen LogP contribution >= 0.6 is 0 Å². The maximum absolute atomic E-state index is 11.3. The van der Waals surface area contributed by atoms with Gasteiger partial charge in [0.25, 0.3) is 0 Å². The van der Waals surface area contributed by atoms with Gasteiger partial charge in [-0.1, -0.05) is 40.0 Å². The molecule has 1 atom stereocenters. The van der Waals surface area contributed by atoms with Crippen molar-refractivity contribution in [3.8, 4) is 0 Å². The smallest absolute Gasteiger partial charge is 0.220 e. The van der Waals surface area contributed by atoms with Gasteiger partial charge < -0.3 is 10.4 Å². The zero-order valence-corrected chi connectivity index (χ0v) is 10.3. The first-order valence-corrected chi connectivity index (χ1v) is 6.02. The second-order valence-electron chi connectivity index (χ2n) is 4.43. The Labute approximate surface area is 93.3 Å². The van der Waals surface area contributed by atoms with Crippen molar-refractivity contribution < 1.29 is 9.90 Å². The molecular formula is C12H25NO2. The van der Waals surface area contributed by atoms with Crippen molar-refractivity contribution in [1.82, 2.24) is 5.32 Å². The first-order chi connectivity index (χ1) is 7.07. The number of hydrogen-bond acceptors (Lipinski definition) is 2. The molecule has 0 aliphatic heterocycles. The van der Waals surface area contributed by atoms with E-state index in [-0.39, 0.29) is 11.8 Å². The summed E-state index contributed by atoms with van der Waals surface area (Å²) in [6.07, 6.45) is 4.62. The van der Waals surface area contributed by atoms with Gasteiger partial charge in [0.2, 0.25) is 5.91 Å². The zero-order valence-electron chi connectivity index (χ0n) is 10.3. The average molecular weight is 215 g/mol. The van der Waals surface area contributed by atoms with Crippen molar-refractivity contribution in [2.45, 2.75) is 59.0 Å². The molecule has 3 nitrogen and oxygen atoms in total. The van der Waals surface area contributed by atoms with E-state index in [1.54, 1.807) is 0 Å². The first kappa shape index (κ1) is 14.4. The largest absolute Gasteiger partial charge is 0.391 e. The van der Waals surface area contributed by atoms with E-state index in [1.807, 2.05) is 13.8 Å². The van der Waals surface area contributed by atoms with Gasteiger partial charge >= 0.3 is 0 Å². The van der Waals surface area contributed by atoms with Crippen LogP contribution in [0.3, 0.4) is 0 Å². The topological polar surface area (TPSA) is 49.3 Å². The first-order valence-electron chi connectivity index (χ1n) is 6.02. The Balaban J connectivity index is 3.41. The Kier molecular flexibility index (Phi) is 8.38. The number of carbonyl (C=O) groups is 1. The summed E-state index contributed by atoms with van der Waals surface area (Å²) in [4.78, 5) is 11.3. The number of rotatable bonds is 8. The molecular weight excluding hydrogens is 190 g/mol. The van der Waals surface area contributed by atoms with Crippen LogP contribution in [0.1, 0.15) is 52.9 Å². The molecule has 0 saturated heterocycles. The van der Waals surface area contributed by atoms with Crippen LogP contribution < -0.4 is 5.32 Å². The lowest BCUT2D eigenvalue weighted by Gasteiger charge is -2.14. The van der Waals surface area contributed by atoms with Gasteiger partial charge in [-0.3, -0.25) is 4.79 Å². The number of nitrogens with one attached hydrogen (secondary N) is 1. The number of aliphatic hydroxyl groups is 1. The van der Waals surface area contributed by atoms with Gasteiger partial charge in [-0.2, -0.15) is 0 Å². The van der Waals surface area contributed by atoms with Crippen LogP contribution in [-0.2, 0) is 4.79 Å². The van der Waals surface area contributed by atoms with Crippen LogP contribution in [-0.4, -0.2) is 23.7 Å². The fraction of sp³-hybridized carbons (Fsp3) is 0.917. The van der Waals surface area contributed by atoms with E-state index in [2.05, 4.69) is 12.2 Å². The highest BCUT2D eigenvalue weighted by atomic mass is 16.3.